The van der Waals surface area contributed by atoms with Gasteiger partial charge in [-0.1, -0.05) is 45.2 Å². The van der Waals surface area contributed by atoms with Crippen LogP contribution in [0.1, 0.15) is 81.6 Å². The number of carbonyl (C=O) groups excluding carboxylic acids is 2. The number of benzene rings is 2. The number of hydrogen-bond acceptors (Lipinski definition) is 4. The van der Waals surface area contributed by atoms with Crippen molar-refractivity contribution in [1.29, 1.82) is 0 Å². The summed E-state index contributed by atoms with van der Waals surface area (Å²) in [6.45, 7) is 6.91. The van der Waals surface area contributed by atoms with Gasteiger partial charge in [-0.05, 0) is 85.9 Å². The van der Waals surface area contributed by atoms with E-state index in [1.807, 2.05) is 18.2 Å². The smallest absolute Gasteiger partial charge is 0.335 e. The van der Waals surface area contributed by atoms with Gasteiger partial charge in [0.25, 0.3) is 0 Å². The Hall–Kier alpha value is -3.06. The van der Waals surface area contributed by atoms with Crippen LogP contribution in [0.3, 0.4) is 0 Å². The van der Waals surface area contributed by atoms with E-state index in [1.54, 1.807) is 12.1 Å². The highest BCUT2D eigenvalue weighted by Gasteiger charge is 2.44. The van der Waals surface area contributed by atoms with E-state index in [-0.39, 0.29) is 34.6 Å². The second-order valence-electron chi connectivity index (χ2n) is 11.7. The van der Waals surface area contributed by atoms with Crippen molar-refractivity contribution in [3.8, 4) is 5.75 Å². The molecule has 38 heavy (non-hydrogen) atoms. The third-order valence-electron chi connectivity index (χ3n) is 7.78. The van der Waals surface area contributed by atoms with E-state index in [1.165, 1.54) is 12.1 Å². The highest BCUT2D eigenvalue weighted by molar-refractivity contribution is 6.30. The Morgan fingerprint density at radius 1 is 1.05 bits per heavy atom. The lowest BCUT2D eigenvalue weighted by molar-refractivity contribution is -0.132. The summed E-state index contributed by atoms with van der Waals surface area (Å²) >= 11 is 6.22. The Bertz CT molecular complexity index is 1180. The fourth-order valence-corrected chi connectivity index (χ4v) is 5.73. The van der Waals surface area contributed by atoms with Gasteiger partial charge in [0.2, 0.25) is 11.8 Å². The normalized spacial score (nSPS) is 20.6. The molecule has 2 saturated carbocycles. The zero-order valence-corrected chi connectivity index (χ0v) is 23.1. The van der Waals surface area contributed by atoms with Crippen molar-refractivity contribution in [3.05, 3.63) is 58.6 Å². The van der Waals surface area contributed by atoms with Gasteiger partial charge in [0.05, 0.1) is 12.2 Å². The van der Waals surface area contributed by atoms with E-state index in [4.69, 9.17) is 21.4 Å². The largest absolute Gasteiger partial charge is 0.493 e. The molecule has 8 heteroatoms. The number of halogens is 1. The molecule has 7 nitrogen and oxygen atoms in total. The van der Waals surface area contributed by atoms with Gasteiger partial charge in [-0.15, -0.1) is 0 Å². The van der Waals surface area contributed by atoms with Crippen molar-refractivity contribution in [2.24, 2.45) is 11.8 Å². The van der Waals surface area contributed by atoms with Crippen LogP contribution >= 0.6 is 11.6 Å². The number of hydrogen-bond donors (Lipinski definition) is 3. The molecule has 2 unspecified atom stereocenters. The van der Waals surface area contributed by atoms with E-state index in [2.05, 4.69) is 31.4 Å². The molecule has 2 aliphatic carbocycles. The van der Waals surface area contributed by atoms with Gasteiger partial charge < -0.3 is 20.5 Å². The summed E-state index contributed by atoms with van der Waals surface area (Å²) in [7, 11) is 0. The van der Waals surface area contributed by atoms with Crippen molar-refractivity contribution >= 4 is 35.1 Å². The number of nitrogens with one attached hydrogen (secondary N) is 2. The number of aromatic carboxylic acids is 1. The second kappa shape index (κ2) is 11.4. The molecule has 2 aliphatic rings. The molecule has 3 N–H and O–H groups in total. The van der Waals surface area contributed by atoms with Crippen LogP contribution in [0, 0.1) is 11.8 Å². The molecule has 0 bridgehead atoms. The first-order chi connectivity index (χ1) is 18.0. The molecule has 0 heterocycles. The first-order valence-corrected chi connectivity index (χ1v) is 13.7. The molecule has 2 amide bonds. The minimum absolute atomic E-state index is 0.0763. The molecule has 204 valence electrons. The van der Waals surface area contributed by atoms with Gasteiger partial charge in [-0.2, -0.15) is 0 Å². The van der Waals surface area contributed by atoms with E-state index in [0.29, 0.717) is 30.2 Å². The summed E-state index contributed by atoms with van der Waals surface area (Å²) in [5.74, 6) is -0.418. The summed E-state index contributed by atoms with van der Waals surface area (Å²) in [5.41, 5.74) is 0.673. The minimum atomic E-state index is -1.02. The van der Waals surface area contributed by atoms with Crippen molar-refractivity contribution < 1.29 is 24.2 Å². The zero-order chi connectivity index (χ0) is 27.5. The van der Waals surface area contributed by atoms with Crippen LogP contribution in [0.5, 0.6) is 5.75 Å². The summed E-state index contributed by atoms with van der Waals surface area (Å²) < 4.78 is 6.22. The predicted octanol–water partition coefficient (Wildman–Crippen LogP) is 6.20. The highest BCUT2D eigenvalue weighted by atomic mass is 35.5. The number of anilines is 1. The Labute approximate surface area is 229 Å². The molecule has 2 fully saturated rings. The third-order valence-corrected chi connectivity index (χ3v) is 8.02. The number of rotatable bonds is 8. The second-order valence-corrected chi connectivity index (χ2v) is 12.1. The molecule has 2 aromatic rings. The van der Waals surface area contributed by atoms with Gasteiger partial charge in [-0.3, -0.25) is 9.59 Å². The fraction of sp³-hybridized carbons (Fsp3) is 0.500. The first kappa shape index (κ1) is 28.0. The SMILES string of the molecule is CC(C)(C)c1cc(Cl)ccc1OCC1CCC(C(=O)NC2(C(=O)Nc3ccc(C(=O)O)cc3)CCCC2)C1. The minimum Gasteiger partial charge on any atom is -0.493 e. The molecule has 0 spiro atoms. The number of carbonyl (C=O) groups is 3. The monoisotopic (exact) mass is 540 g/mol. The van der Waals surface area contributed by atoms with Crippen LogP contribution in [-0.2, 0) is 15.0 Å². The predicted molar refractivity (Wildman–Crippen MR) is 148 cm³/mol. The Balaban J connectivity index is 1.35. The lowest BCUT2D eigenvalue weighted by Gasteiger charge is -2.30. The van der Waals surface area contributed by atoms with Crippen LogP contribution in [-0.4, -0.2) is 35.0 Å². The van der Waals surface area contributed by atoms with Crippen LogP contribution in [0.4, 0.5) is 5.69 Å². The van der Waals surface area contributed by atoms with Crippen molar-refractivity contribution in [2.45, 2.75) is 76.7 Å². The van der Waals surface area contributed by atoms with Crippen LogP contribution in [0.15, 0.2) is 42.5 Å². The van der Waals surface area contributed by atoms with Gasteiger partial charge in [0.1, 0.15) is 11.3 Å². The number of ether oxygens (including phenoxy) is 1. The van der Waals surface area contributed by atoms with Crippen LogP contribution in [0.25, 0.3) is 0 Å². The van der Waals surface area contributed by atoms with E-state index < -0.39 is 11.5 Å². The standard InChI is InChI=1S/C30H37ClN2O5/c1-29(2,3)24-17-22(31)10-13-25(24)38-18-19-6-7-21(16-19)26(34)33-30(14-4-5-15-30)28(37)32-23-11-8-20(9-12-23)27(35)36/h8-13,17,19,21H,4-7,14-16,18H2,1-3H3,(H,32,37)(H,33,34)(H,35,36). The summed E-state index contributed by atoms with van der Waals surface area (Å²) in [6.07, 6.45) is 5.28. The van der Waals surface area contributed by atoms with E-state index in [9.17, 15) is 14.4 Å². The number of carboxylic acids is 1. The van der Waals surface area contributed by atoms with Crippen LogP contribution < -0.4 is 15.4 Å². The van der Waals surface area contributed by atoms with E-state index >= 15 is 0 Å². The number of carboxylic acid groups (broad SMARTS) is 1. The summed E-state index contributed by atoms with van der Waals surface area (Å²) in [4.78, 5) is 37.7. The molecule has 0 aromatic heterocycles. The molecule has 0 radical (unpaired) electrons. The average Bonchev–Trinajstić information content (AvgIpc) is 3.54. The molecule has 4 rings (SSSR count). The maximum Gasteiger partial charge on any atom is 0.335 e. The van der Waals surface area contributed by atoms with E-state index in [0.717, 1.165) is 43.4 Å². The lowest BCUT2D eigenvalue weighted by Crippen LogP contribution is -2.56. The molecule has 2 aromatic carbocycles. The zero-order valence-electron chi connectivity index (χ0n) is 22.3. The third kappa shape index (κ3) is 6.49. The van der Waals surface area contributed by atoms with Gasteiger partial charge in [0, 0.05) is 22.2 Å². The molecule has 0 aliphatic heterocycles. The fourth-order valence-electron chi connectivity index (χ4n) is 5.56. The Kier molecular flexibility index (Phi) is 8.36. The van der Waals surface area contributed by atoms with Crippen molar-refractivity contribution in [1.82, 2.24) is 5.32 Å². The first-order valence-electron chi connectivity index (χ1n) is 13.4. The topological polar surface area (TPSA) is 105 Å². The summed E-state index contributed by atoms with van der Waals surface area (Å²) in [5, 5.41) is 15.8. The average molecular weight is 541 g/mol. The maximum absolute atomic E-state index is 13.3. The van der Waals surface area contributed by atoms with Gasteiger partial charge >= 0.3 is 5.97 Å². The van der Waals surface area contributed by atoms with Gasteiger partial charge in [-0.25, -0.2) is 4.79 Å². The quantitative estimate of drug-likeness (QED) is 0.370. The highest BCUT2D eigenvalue weighted by Crippen LogP contribution is 2.37. The molecular formula is C30H37ClN2O5. The molecule has 2 atom stereocenters. The Morgan fingerprint density at radius 3 is 2.37 bits per heavy atom. The molecular weight excluding hydrogens is 504 g/mol. The molecule has 0 saturated heterocycles. The van der Waals surface area contributed by atoms with Crippen molar-refractivity contribution in [2.75, 3.05) is 11.9 Å². The van der Waals surface area contributed by atoms with Crippen molar-refractivity contribution in [3.63, 3.8) is 0 Å². The van der Waals surface area contributed by atoms with Crippen LogP contribution in [0.2, 0.25) is 5.02 Å². The summed E-state index contributed by atoms with van der Waals surface area (Å²) in [6, 6.07) is 11.7. The number of amides is 2. The Morgan fingerprint density at radius 2 is 1.74 bits per heavy atom. The lowest BCUT2D eigenvalue weighted by atomic mass is 9.86. The van der Waals surface area contributed by atoms with Gasteiger partial charge in [0.15, 0.2) is 0 Å². The maximum atomic E-state index is 13.3.